The third-order valence-electron chi connectivity index (χ3n) is 3.61. The van der Waals surface area contributed by atoms with Gasteiger partial charge in [0.1, 0.15) is 18.5 Å². The van der Waals surface area contributed by atoms with Gasteiger partial charge in [0.05, 0.1) is 10.5 Å². The van der Waals surface area contributed by atoms with Gasteiger partial charge in [0.2, 0.25) is 0 Å². The van der Waals surface area contributed by atoms with E-state index in [0.29, 0.717) is 13.1 Å². The van der Waals surface area contributed by atoms with E-state index >= 15 is 0 Å². The zero-order valence-electron chi connectivity index (χ0n) is 12.0. The quantitative estimate of drug-likeness (QED) is 0.621. The van der Waals surface area contributed by atoms with Crippen molar-refractivity contribution in [3.8, 4) is 0 Å². The molecule has 1 aliphatic rings. The topological polar surface area (TPSA) is 78.6 Å². The minimum Gasteiger partial charge on any atom is -0.390 e. The monoisotopic (exact) mass is 355 g/mol. The maximum Gasteiger partial charge on any atom is 0.290 e. The molecule has 2 N–H and O–H groups in total. The van der Waals surface area contributed by atoms with E-state index in [9.17, 15) is 23.3 Å². The van der Waals surface area contributed by atoms with Gasteiger partial charge in [0.15, 0.2) is 0 Å². The molecule has 0 aliphatic carbocycles. The summed E-state index contributed by atoms with van der Waals surface area (Å²) in [4.78, 5) is 11.6. The zero-order valence-corrected chi connectivity index (χ0v) is 12.9. The van der Waals surface area contributed by atoms with Crippen LogP contribution in [0.2, 0.25) is 0 Å². The van der Waals surface area contributed by atoms with Crippen molar-refractivity contribution in [3.05, 3.63) is 39.7 Å². The number of aliphatic hydroxyl groups excluding tert-OH is 1. The second-order valence-electron chi connectivity index (χ2n) is 5.07. The van der Waals surface area contributed by atoms with Crippen molar-refractivity contribution in [2.45, 2.75) is 12.0 Å². The van der Waals surface area contributed by atoms with Gasteiger partial charge in [0, 0.05) is 32.2 Å². The van der Waals surface area contributed by atoms with E-state index in [1.807, 2.05) is 0 Å². The fraction of sp³-hybridized carbons (Fsp3) is 0.538. The van der Waals surface area contributed by atoms with Crippen LogP contribution >= 0.6 is 12.4 Å². The number of nitro groups is 1. The van der Waals surface area contributed by atoms with Crippen molar-refractivity contribution < 1.29 is 23.2 Å². The molecule has 0 aromatic heterocycles. The smallest absolute Gasteiger partial charge is 0.290 e. The van der Waals surface area contributed by atoms with Crippen LogP contribution in [-0.2, 0) is 0 Å². The minimum absolute atomic E-state index is 0. The molecule has 23 heavy (non-hydrogen) atoms. The number of rotatable bonds is 5. The molecule has 0 radical (unpaired) electrons. The van der Waals surface area contributed by atoms with Crippen molar-refractivity contribution in [2.75, 3.05) is 32.8 Å². The Kier molecular flexibility index (Phi) is 6.75. The molecule has 6 nitrogen and oxygen atoms in total. The normalized spacial score (nSPS) is 17.4. The molecule has 0 amide bonds. The first-order chi connectivity index (χ1) is 10.4. The predicted octanol–water partition coefficient (Wildman–Crippen LogP) is 1.73. The van der Waals surface area contributed by atoms with Gasteiger partial charge in [-0.25, -0.2) is 13.2 Å². The van der Waals surface area contributed by atoms with Gasteiger partial charge in [0.25, 0.3) is 11.6 Å². The lowest BCUT2D eigenvalue weighted by atomic mass is 9.96. The summed E-state index contributed by atoms with van der Waals surface area (Å²) in [5, 5.41) is 23.1. The number of nitrogens with zero attached hydrogens (tertiary/aromatic N) is 2. The third kappa shape index (κ3) is 4.31. The van der Waals surface area contributed by atoms with Crippen LogP contribution in [0.5, 0.6) is 0 Å². The second-order valence-corrected chi connectivity index (χ2v) is 5.07. The highest BCUT2D eigenvalue weighted by molar-refractivity contribution is 5.85. The SMILES string of the molecule is Cl.O=[N+]([O-])c1ccc(F)cc1[C@H](N1CCNCC1)C(F)(F)CO. The molecule has 10 heteroatoms. The number of nitro benzene ring substituents is 1. The number of benzene rings is 1. The minimum atomic E-state index is -3.63. The summed E-state index contributed by atoms with van der Waals surface area (Å²) < 4.78 is 41.9. The Morgan fingerprint density at radius 1 is 1.39 bits per heavy atom. The Morgan fingerprint density at radius 2 is 2.00 bits per heavy atom. The van der Waals surface area contributed by atoms with E-state index in [1.54, 1.807) is 0 Å². The molecule has 0 saturated carbocycles. The highest BCUT2D eigenvalue weighted by Crippen LogP contribution is 2.40. The Hall–Kier alpha value is -1.42. The Bertz CT molecular complexity index is 557. The summed E-state index contributed by atoms with van der Waals surface area (Å²) in [6.45, 7) is -0.181. The van der Waals surface area contributed by atoms with Crippen molar-refractivity contribution in [2.24, 2.45) is 0 Å². The van der Waals surface area contributed by atoms with Crippen LogP contribution in [0, 0.1) is 15.9 Å². The molecule has 0 spiro atoms. The fourth-order valence-corrected chi connectivity index (χ4v) is 2.63. The molecule has 1 aromatic rings. The highest BCUT2D eigenvalue weighted by atomic mass is 35.5. The van der Waals surface area contributed by atoms with E-state index in [2.05, 4.69) is 5.32 Å². The summed E-state index contributed by atoms with van der Waals surface area (Å²) in [5.74, 6) is -4.47. The van der Waals surface area contributed by atoms with Crippen molar-refractivity contribution in [3.63, 3.8) is 0 Å². The molecular formula is C13H17ClF3N3O3. The van der Waals surface area contributed by atoms with Crippen LogP contribution in [0.1, 0.15) is 11.6 Å². The number of piperazine rings is 1. The molecule has 130 valence electrons. The molecular weight excluding hydrogens is 339 g/mol. The van der Waals surface area contributed by atoms with Crippen LogP contribution < -0.4 is 5.32 Å². The van der Waals surface area contributed by atoms with E-state index in [0.717, 1.165) is 18.2 Å². The van der Waals surface area contributed by atoms with Gasteiger partial charge in [-0.15, -0.1) is 12.4 Å². The van der Waals surface area contributed by atoms with Gasteiger partial charge >= 0.3 is 0 Å². The summed E-state index contributed by atoms with van der Waals surface area (Å²) in [6.07, 6.45) is 0. The molecule has 1 aromatic carbocycles. The van der Waals surface area contributed by atoms with E-state index in [-0.39, 0.29) is 25.5 Å². The Morgan fingerprint density at radius 3 is 2.52 bits per heavy atom. The number of aliphatic hydroxyl groups is 1. The Balaban J connectivity index is 0.00000264. The van der Waals surface area contributed by atoms with Crippen LogP contribution in [-0.4, -0.2) is 53.6 Å². The van der Waals surface area contributed by atoms with Crippen molar-refractivity contribution >= 4 is 18.1 Å². The summed E-state index contributed by atoms with van der Waals surface area (Å²) in [6, 6.07) is 0.714. The molecule has 1 saturated heterocycles. The van der Waals surface area contributed by atoms with Crippen molar-refractivity contribution in [1.82, 2.24) is 10.2 Å². The standard InChI is InChI=1S/C13H16F3N3O3.ClH/c14-9-1-2-11(19(21)22)10(7-9)12(13(15,16)8-20)18-5-3-17-4-6-18;/h1-2,7,12,17,20H,3-6,8H2;1H/t12-;/m0./s1. The molecule has 0 unspecified atom stereocenters. The Labute approximate surface area is 136 Å². The van der Waals surface area contributed by atoms with Crippen LogP contribution in [0.3, 0.4) is 0 Å². The maximum absolute atomic E-state index is 14.2. The average Bonchev–Trinajstić information content (AvgIpc) is 2.48. The third-order valence-corrected chi connectivity index (χ3v) is 3.61. The van der Waals surface area contributed by atoms with Crippen LogP contribution in [0.25, 0.3) is 0 Å². The van der Waals surface area contributed by atoms with Crippen LogP contribution in [0.4, 0.5) is 18.9 Å². The average molecular weight is 356 g/mol. The predicted molar refractivity (Wildman–Crippen MR) is 79.5 cm³/mol. The molecule has 1 fully saturated rings. The molecule has 0 bridgehead atoms. The number of halogens is 4. The fourth-order valence-electron chi connectivity index (χ4n) is 2.63. The number of alkyl halides is 2. The molecule has 2 rings (SSSR count). The maximum atomic E-state index is 14.2. The second kappa shape index (κ2) is 7.91. The molecule has 1 atom stereocenters. The molecule has 1 aliphatic heterocycles. The first-order valence-electron chi connectivity index (χ1n) is 6.74. The number of hydrogen-bond acceptors (Lipinski definition) is 5. The van der Waals surface area contributed by atoms with E-state index in [4.69, 9.17) is 5.11 Å². The largest absolute Gasteiger partial charge is 0.390 e. The summed E-state index contributed by atoms with van der Waals surface area (Å²) >= 11 is 0. The van der Waals surface area contributed by atoms with Gasteiger partial charge < -0.3 is 10.4 Å². The lowest BCUT2D eigenvalue weighted by Crippen LogP contribution is -2.51. The lowest BCUT2D eigenvalue weighted by molar-refractivity contribution is -0.386. The van der Waals surface area contributed by atoms with Gasteiger partial charge in [-0.3, -0.25) is 15.0 Å². The first-order valence-corrected chi connectivity index (χ1v) is 6.74. The zero-order chi connectivity index (χ0) is 16.3. The summed E-state index contributed by atoms with van der Waals surface area (Å²) in [5.41, 5.74) is -1.01. The van der Waals surface area contributed by atoms with Crippen molar-refractivity contribution in [1.29, 1.82) is 0 Å². The lowest BCUT2D eigenvalue weighted by Gasteiger charge is -2.38. The van der Waals surface area contributed by atoms with Gasteiger partial charge in [-0.2, -0.15) is 0 Å². The molecule has 1 heterocycles. The summed E-state index contributed by atoms with van der Waals surface area (Å²) in [7, 11) is 0. The number of nitrogens with one attached hydrogen (secondary N) is 1. The van der Waals surface area contributed by atoms with E-state index in [1.165, 1.54) is 4.90 Å². The van der Waals surface area contributed by atoms with Gasteiger partial charge in [-0.05, 0) is 12.1 Å². The first kappa shape index (κ1) is 19.6. The van der Waals surface area contributed by atoms with Crippen LogP contribution in [0.15, 0.2) is 18.2 Å². The number of hydrogen-bond donors (Lipinski definition) is 2. The highest BCUT2D eigenvalue weighted by Gasteiger charge is 2.46. The van der Waals surface area contributed by atoms with Gasteiger partial charge in [-0.1, -0.05) is 0 Å². The van der Waals surface area contributed by atoms with E-state index < -0.39 is 40.6 Å².